The van der Waals surface area contributed by atoms with E-state index in [9.17, 15) is 9.59 Å². The van der Waals surface area contributed by atoms with Gasteiger partial charge in [-0.1, -0.05) is 19.1 Å². The monoisotopic (exact) mass is 266 g/mol. The van der Waals surface area contributed by atoms with E-state index in [-0.39, 0.29) is 24.2 Å². The molecule has 0 aliphatic carbocycles. The zero-order valence-electron chi connectivity index (χ0n) is 11.7. The molecule has 1 fully saturated rings. The largest absolute Gasteiger partial charge is 0.469 e. The van der Waals surface area contributed by atoms with E-state index in [0.717, 1.165) is 32.6 Å². The second-order valence-electron chi connectivity index (χ2n) is 5.33. The molecule has 19 heavy (non-hydrogen) atoms. The van der Waals surface area contributed by atoms with Crippen LogP contribution in [0.1, 0.15) is 19.8 Å². The number of carbonyl (C=O) groups excluding carboxylic acids is 2. The fraction of sp³-hybridized carbons (Fsp3) is 0.714. The Kier molecular flexibility index (Phi) is 4.58. The van der Waals surface area contributed by atoms with E-state index in [0.29, 0.717) is 6.04 Å². The summed E-state index contributed by atoms with van der Waals surface area (Å²) in [5, 5.41) is 0. The van der Waals surface area contributed by atoms with Gasteiger partial charge in [0.15, 0.2) is 0 Å². The van der Waals surface area contributed by atoms with Crippen LogP contribution in [0.15, 0.2) is 12.2 Å². The summed E-state index contributed by atoms with van der Waals surface area (Å²) in [6.45, 7) is 5.36. The third-order valence-corrected chi connectivity index (χ3v) is 3.96. The van der Waals surface area contributed by atoms with Gasteiger partial charge in [-0.25, -0.2) is 0 Å². The molecule has 2 aliphatic rings. The Balaban J connectivity index is 1.82. The number of likely N-dealkylation sites (tertiary alicyclic amines) is 1. The molecule has 1 amide bonds. The highest BCUT2D eigenvalue weighted by molar-refractivity contribution is 5.83. The van der Waals surface area contributed by atoms with Gasteiger partial charge >= 0.3 is 5.97 Å². The van der Waals surface area contributed by atoms with Gasteiger partial charge in [0.25, 0.3) is 0 Å². The summed E-state index contributed by atoms with van der Waals surface area (Å²) in [7, 11) is 1.35. The van der Waals surface area contributed by atoms with Gasteiger partial charge in [-0.05, 0) is 6.42 Å². The lowest BCUT2D eigenvalue weighted by Crippen LogP contribution is -2.39. The Morgan fingerprint density at radius 2 is 2.05 bits per heavy atom. The molecule has 5 heteroatoms. The molecule has 0 spiro atoms. The molecule has 1 saturated heterocycles. The first kappa shape index (κ1) is 14.1. The van der Waals surface area contributed by atoms with Gasteiger partial charge in [0.05, 0.1) is 13.5 Å². The summed E-state index contributed by atoms with van der Waals surface area (Å²) in [5.41, 5.74) is 0. The van der Waals surface area contributed by atoms with E-state index < -0.39 is 0 Å². The van der Waals surface area contributed by atoms with E-state index in [2.05, 4.69) is 21.8 Å². The number of hydrogen-bond acceptors (Lipinski definition) is 4. The highest BCUT2D eigenvalue weighted by Gasteiger charge is 2.32. The minimum Gasteiger partial charge on any atom is -0.469 e. The zero-order chi connectivity index (χ0) is 13.8. The normalized spacial score (nSPS) is 24.7. The summed E-state index contributed by atoms with van der Waals surface area (Å²) >= 11 is 0. The first-order valence-corrected chi connectivity index (χ1v) is 6.86. The number of esters is 1. The standard InChI is InChI=1S/C14H22N2O3/c1-11(9-13(17)19-2)14(18)16-8-5-12(10-16)15-6-3-4-7-15/h3-4,11-12H,5-10H2,1-2H3/t11-,12+/m0/s1. The third-order valence-electron chi connectivity index (χ3n) is 3.96. The number of carbonyl (C=O) groups is 2. The van der Waals surface area contributed by atoms with Crippen LogP contribution in [0.25, 0.3) is 0 Å². The summed E-state index contributed by atoms with van der Waals surface area (Å²) < 4.78 is 4.61. The lowest BCUT2D eigenvalue weighted by atomic mass is 10.1. The number of amides is 1. The van der Waals surface area contributed by atoms with Crippen molar-refractivity contribution >= 4 is 11.9 Å². The van der Waals surface area contributed by atoms with Gasteiger partial charge in [-0.2, -0.15) is 0 Å². The third kappa shape index (κ3) is 3.35. The van der Waals surface area contributed by atoms with Gasteiger partial charge in [-0.3, -0.25) is 14.5 Å². The molecule has 2 atom stereocenters. The topological polar surface area (TPSA) is 49.9 Å². The number of methoxy groups -OCH3 is 1. The molecule has 0 N–H and O–H groups in total. The number of hydrogen-bond donors (Lipinski definition) is 0. The number of ether oxygens (including phenoxy) is 1. The molecule has 0 saturated carbocycles. The van der Waals surface area contributed by atoms with Crippen molar-refractivity contribution in [1.29, 1.82) is 0 Å². The zero-order valence-corrected chi connectivity index (χ0v) is 11.7. The van der Waals surface area contributed by atoms with Gasteiger partial charge in [-0.15, -0.1) is 0 Å². The minimum atomic E-state index is -0.319. The molecule has 2 aliphatic heterocycles. The van der Waals surface area contributed by atoms with Crippen LogP contribution in [0, 0.1) is 5.92 Å². The van der Waals surface area contributed by atoms with E-state index in [1.807, 2.05) is 4.90 Å². The Labute approximate surface area is 114 Å². The second-order valence-corrected chi connectivity index (χ2v) is 5.33. The predicted octanol–water partition coefficient (Wildman–Crippen LogP) is 0.658. The maximum Gasteiger partial charge on any atom is 0.306 e. The van der Waals surface area contributed by atoms with Crippen LogP contribution in [-0.2, 0) is 14.3 Å². The fourth-order valence-electron chi connectivity index (χ4n) is 2.76. The molecule has 0 aromatic carbocycles. The molecule has 2 rings (SSSR count). The highest BCUT2D eigenvalue weighted by atomic mass is 16.5. The van der Waals surface area contributed by atoms with Crippen LogP contribution < -0.4 is 0 Å². The summed E-state index contributed by atoms with van der Waals surface area (Å²) in [5.74, 6) is -0.539. The molecule has 2 heterocycles. The molecule has 0 aromatic rings. The van der Waals surface area contributed by atoms with Crippen LogP contribution in [0.5, 0.6) is 0 Å². The van der Waals surface area contributed by atoms with Crippen LogP contribution in [0.3, 0.4) is 0 Å². The Morgan fingerprint density at radius 1 is 1.37 bits per heavy atom. The Bertz CT molecular complexity index is 373. The lowest BCUT2D eigenvalue weighted by Gasteiger charge is -2.24. The molecule has 0 bridgehead atoms. The summed E-state index contributed by atoms with van der Waals surface area (Å²) in [6, 6.07) is 0.462. The Hall–Kier alpha value is -1.36. The number of nitrogens with zero attached hydrogens (tertiary/aromatic N) is 2. The van der Waals surface area contributed by atoms with Crippen molar-refractivity contribution < 1.29 is 14.3 Å². The van der Waals surface area contributed by atoms with Crippen molar-refractivity contribution in [3.05, 3.63) is 12.2 Å². The van der Waals surface area contributed by atoms with Gasteiger partial charge < -0.3 is 9.64 Å². The molecule has 106 valence electrons. The van der Waals surface area contributed by atoms with E-state index >= 15 is 0 Å². The molecule has 5 nitrogen and oxygen atoms in total. The fourth-order valence-corrected chi connectivity index (χ4v) is 2.76. The van der Waals surface area contributed by atoms with Crippen molar-refractivity contribution in [1.82, 2.24) is 9.80 Å². The lowest BCUT2D eigenvalue weighted by molar-refractivity contribution is -0.146. The second kappa shape index (κ2) is 6.19. The number of rotatable bonds is 4. The van der Waals surface area contributed by atoms with Gasteiger partial charge in [0.1, 0.15) is 0 Å². The van der Waals surface area contributed by atoms with Gasteiger partial charge in [0.2, 0.25) is 5.91 Å². The van der Waals surface area contributed by atoms with Crippen molar-refractivity contribution in [2.45, 2.75) is 25.8 Å². The SMILES string of the molecule is COC(=O)C[C@H](C)C(=O)N1CC[C@@H](N2CC=CC2)C1. The predicted molar refractivity (Wildman–Crippen MR) is 71.5 cm³/mol. The van der Waals surface area contributed by atoms with E-state index in [1.165, 1.54) is 7.11 Å². The van der Waals surface area contributed by atoms with E-state index in [1.54, 1.807) is 6.92 Å². The minimum absolute atomic E-state index is 0.0695. The first-order valence-electron chi connectivity index (χ1n) is 6.86. The summed E-state index contributed by atoms with van der Waals surface area (Å²) in [4.78, 5) is 27.7. The van der Waals surface area contributed by atoms with Crippen LogP contribution >= 0.6 is 0 Å². The molecule has 0 unspecified atom stereocenters. The van der Waals surface area contributed by atoms with Crippen LogP contribution in [-0.4, -0.2) is 61.0 Å². The highest BCUT2D eigenvalue weighted by Crippen LogP contribution is 2.20. The molecule has 0 radical (unpaired) electrons. The van der Waals surface area contributed by atoms with Crippen molar-refractivity contribution in [2.24, 2.45) is 5.92 Å². The summed E-state index contributed by atoms with van der Waals surface area (Å²) in [6.07, 6.45) is 5.54. The average Bonchev–Trinajstić information content (AvgIpc) is 3.07. The molecular formula is C14H22N2O3. The molecule has 0 aromatic heterocycles. The van der Waals surface area contributed by atoms with Crippen molar-refractivity contribution in [2.75, 3.05) is 33.3 Å². The van der Waals surface area contributed by atoms with E-state index in [4.69, 9.17) is 0 Å². The van der Waals surface area contributed by atoms with Crippen LogP contribution in [0.2, 0.25) is 0 Å². The molecular weight excluding hydrogens is 244 g/mol. The Morgan fingerprint density at radius 3 is 2.68 bits per heavy atom. The van der Waals surface area contributed by atoms with Crippen LogP contribution in [0.4, 0.5) is 0 Å². The van der Waals surface area contributed by atoms with Gasteiger partial charge in [0, 0.05) is 38.1 Å². The smallest absolute Gasteiger partial charge is 0.306 e. The van der Waals surface area contributed by atoms with Crippen molar-refractivity contribution in [3.63, 3.8) is 0 Å². The maximum absolute atomic E-state index is 12.2. The average molecular weight is 266 g/mol. The van der Waals surface area contributed by atoms with Crippen molar-refractivity contribution in [3.8, 4) is 0 Å². The maximum atomic E-state index is 12.2. The first-order chi connectivity index (χ1) is 9.11. The quantitative estimate of drug-likeness (QED) is 0.554.